The molecule has 1 atom stereocenters. The van der Waals surface area contributed by atoms with E-state index >= 15 is 0 Å². The van der Waals surface area contributed by atoms with Gasteiger partial charge in [-0.3, -0.25) is 4.79 Å². The number of amides is 1. The van der Waals surface area contributed by atoms with Crippen molar-refractivity contribution in [1.82, 2.24) is 0 Å². The third kappa shape index (κ3) is 4.36. The number of nitrogens with one attached hydrogen (secondary N) is 1. The van der Waals surface area contributed by atoms with E-state index in [2.05, 4.69) is 5.32 Å². The highest BCUT2D eigenvalue weighted by Gasteiger charge is 2.31. The van der Waals surface area contributed by atoms with Gasteiger partial charge in [-0.15, -0.1) is 0 Å². The number of carbonyl (C=O) groups is 1. The van der Waals surface area contributed by atoms with Crippen LogP contribution in [0.5, 0.6) is 11.5 Å². The van der Waals surface area contributed by atoms with Gasteiger partial charge in [-0.2, -0.15) is 13.2 Å². The lowest BCUT2D eigenvalue weighted by atomic mass is 10.1. The zero-order valence-electron chi connectivity index (χ0n) is 12.8. The summed E-state index contributed by atoms with van der Waals surface area (Å²) < 4.78 is 47.4. The van der Waals surface area contributed by atoms with E-state index < -0.39 is 24.8 Å². The van der Waals surface area contributed by atoms with Crippen LogP contribution < -0.4 is 14.8 Å². The Bertz CT molecular complexity index is 770. The number of halogens is 4. The SMILES string of the molecule is O=C(Nc1cc(Cl)ccc1OCC(F)(F)F)C1Cc2ccccc2O1. The maximum Gasteiger partial charge on any atom is 0.422 e. The van der Waals surface area contributed by atoms with Crippen molar-refractivity contribution in [1.29, 1.82) is 0 Å². The van der Waals surface area contributed by atoms with Crippen LogP contribution in [0.2, 0.25) is 5.02 Å². The molecule has 2 aromatic rings. The molecule has 8 heteroatoms. The van der Waals surface area contributed by atoms with E-state index in [1.807, 2.05) is 12.1 Å². The molecule has 1 N–H and O–H groups in total. The summed E-state index contributed by atoms with van der Waals surface area (Å²) in [6.07, 6.45) is -4.88. The van der Waals surface area contributed by atoms with Crippen LogP contribution in [0.3, 0.4) is 0 Å². The molecule has 4 nitrogen and oxygen atoms in total. The molecule has 0 bridgehead atoms. The average Bonchev–Trinajstić information content (AvgIpc) is 2.97. The summed E-state index contributed by atoms with van der Waals surface area (Å²) in [7, 11) is 0. The molecule has 2 aromatic carbocycles. The number of rotatable bonds is 4. The first-order chi connectivity index (χ1) is 11.8. The second kappa shape index (κ2) is 6.84. The number of anilines is 1. The minimum absolute atomic E-state index is 0.0568. The molecule has 0 saturated heterocycles. The van der Waals surface area contributed by atoms with Crippen molar-refractivity contribution < 1.29 is 27.4 Å². The van der Waals surface area contributed by atoms with Crippen molar-refractivity contribution in [3.63, 3.8) is 0 Å². The lowest BCUT2D eigenvalue weighted by molar-refractivity contribution is -0.153. The van der Waals surface area contributed by atoms with E-state index in [9.17, 15) is 18.0 Å². The highest BCUT2D eigenvalue weighted by atomic mass is 35.5. The Kier molecular flexibility index (Phi) is 4.76. The maximum absolute atomic E-state index is 12.4. The minimum Gasteiger partial charge on any atom is -0.482 e. The fraction of sp³-hybridized carbons (Fsp3) is 0.235. The Morgan fingerprint density at radius 2 is 2.04 bits per heavy atom. The Balaban J connectivity index is 1.72. The number of benzene rings is 2. The summed E-state index contributed by atoms with van der Waals surface area (Å²) in [5.41, 5.74) is 0.948. The quantitative estimate of drug-likeness (QED) is 0.875. The third-order valence-corrected chi connectivity index (χ3v) is 3.77. The van der Waals surface area contributed by atoms with Crippen LogP contribution in [0.4, 0.5) is 18.9 Å². The molecule has 1 amide bonds. The summed E-state index contributed by atoms with van der Waals surface area (Å²) in [6, 6.07) is 11.2. The van der Waals surface area contributed by atoms with Crippen LogP contribution in [0.1, 0.15) is 5.56 Å². The molecule has 0 aliphatic carbocycles. The van der Waals surface area contributed by atoms with Crippen LogP contribution >= 0.6 is 11.6 Å². The highest BCUT2D eigenvalue weighted by molar-refractivity contribution is 6.31. The molecule has 0 saturated carbocycles. The van der Waals surface area contributed by atoms with Gasteiger partial charge in [-0.05, 0) is 29.8 Å². The second-order valence-corrected chi connectivity index (χ2v) is 5.89. The van der Waals surface area contributed by atoms with Crippen molar-refractivity contribution in [3.05, 3.63) is 53.1 Å². The Hall–Kier alpha value is -2.41. The van der Waals surface area contributed by atoms with E-state index in [-0.39, 0.29) is 16.5 Å². The highest BCUT2D eigenvalue weighted by Crippen LogP contribution is 2.32. The van der Waals surface area contributed by atoms with Gasteiger partial charge in [0.25, 0.3) is 5.91 Å². The molecule has 0 aromatic heterocycles. The largest absolute Gasteiger partial charge is 0.482 e. The van der Waals surface area contributed by atoms with Crippen molar-refractivity contribution in [2.24, 2.45) is 0 Å². The minimum atomic E-state index is -4.49. The molecule has 1 aliphatic heterocycles. The van der Waals surface area contributed by atoms with Gasteiger partial charge in [0.1, 0.15) is 11.5 Å². The number of carbonyl (C=O) groups excluding carboxylic acids is 1. The average molecular weight is 372 g/mol. The Labute approximate surface area is 146 Å². The van der Waals surface area contributed by atoms with Crippen LogP contribution in [0, 0.1) is 0 Å². The van der Waals surface area contributed by atoms with Crippen LogP contribution in [-0.4, -0.2) is 24.8 Å². The van der Waals surface area contributed by atoms with E-state index in [1.165, 1.54) is 18.2 Å². The van der Waals surface area contributed by atoms with Gasteiger partial charge in [0, 0.05) is 11.4 Å². The maximum atomic E-state index is 12.4. The van der Waals surface area contributed by atoms with Crippen molar-refractivity contribution >= 4 is 23.2 Å². The summed E-state index contributed by atoms with van der Waals surface area (Å²) in [6.45, 7) is -1.47. The van der Waals surface area contributed by atoms with Crippen molar-refractivity contribution in [2.75, 3.05) is 11.9 Å². The first kappa shape index (κ1) is 17.4. The predicted molar refractivity (Wildman–Crippen MR) is 86.2 cm³/mol. The first-order valence-corrected chi connectivity index (χ1v) is 7.74. The number of para-hydroxylation sites is 1. The number of alkyl halides is 3. The van der Waals surface area contributed by atoms with E-state index in [4.69, 9.17) is 21.1 Å². The molecule has 0 fully saturated rings. The summed E-state index contributed by atoms with van der Waals surface area (Å²) in [4.78, 5) is 12.4. The summed E-state index contributed by atoms with van der Waals surface area (Å²) in [5, 5.41) is 2.78. The smallest absolute Gasteiger partial charge is 0.422 e. The molecule has 25 heavy (non-hydrogen) atoms. The second-order valence-electron chi connectivity index (χ2n) is 5.45. The number of hydrogen-bond donors (Lipinski definition) is 1. The van der Waals surface area contributed by atoms with Gasteiger partial charge in [0.15, 0.2) is 12.7 Å². The van der Waals surface area contributed by atoms with E-state index in [0.29, 0.717) is 12.2 Å². The zero-order chi connectivity index (χ0) is 18.0. The van der Waals surface area contributed by atoms with E-state index in [0.717, 1.165) is 5.56 Å². The topological polar surface area (TPSA) is 47.6 Å². The Morgan fingerprint density at radius 3 is 2.76 bits per heavy atom. The molecular formula is C17H13ClF3NO3. The fourth-order valence-electron chi connectivity index (χ4n) is 2.43. The summed E-state index contributed by atoms with van der Waals surface area (Å²) >= 11 is 5.86. The standard InChI is InChI=1S/C17H13ClF3NO3/c18-11-5-6-14(24-9-17(19,20)21)12(8-11)22-16(23)15-7-10-3-1-2-4-13(10)25-15/h1-6,8,15H,7,9H2,(H,22,23). The predicted octanol–water partition coefficient (Wildman–Crippen LogP) is 4.22. The molecule has 0 radical (unpaired) electrons. The third-order valence-electron chi connectivity index (χ3n) is 3.53. The van der Waals surface area contributed by atoms with Crippen LogP contribution in [-0.2, 0) is 11.2 Å². The molecule has 3 rings (SSSR count). The monoisotopic (exact) mass is 371 g/mol. The van der Waals surface area contributed by atoms with Gasteiger partial charge < -0.3 is 14.8 Å². The molecule has 1 unspecified atom stereocenters. The molecule has 0 spiro atoms. The van der Waals surface area contributed by atoms with Gasteiger partial charge >= 0.3 is 6.18 Å². The molecular weight excluding hydrogens is 359 g/mol. The lowest BCUT2D eigenvalue weighted by Crippen LogP contribution is -2.31. The molecule has 132 valence electrons. The molecule has 1 heterocycles. The van der Waals surface area contributed by atoms with Gasteiger partial charge in [0.05, 0.1) is 5.69 Å². The Morgan fingerprint density at radius 1 is 1.28 bits per heavy atom. The molecule has 1 aliphatic rings. The van der Waals surface area contributed by atoms with Gasteiger partial charge in [-0.1, -0.05) is 29.8 Å². The summed E-state index contributed by atoms with van der Waals surface area (Å²) in [5.74, 6) is 0.00296. The first-order valence-electron chi connectivity index (χ1n) is 7.36. The zero-order valence-corrected chi connectivity index (χ0v) is 13.5. The van der Waals surface area contributed by atoms with Crippen molar-refractivity contribution in [3.8, 4) is 11.5 Å². The number of ether oxygens (including phenoxy) is 2. The van der Waals surface area contributed by atoms with E-state index in [1.54, 1.807) is 12.1 Å². The van der Waals surface area contributed by atoms with Crippen LogP contribution in [0.15, 0.2) is 42.5 Å². The lowest BCUT2D eigenvalue weighted by Gasteiger charge is -2.16. The normalized spacial score (nSPS) is 16.1. The number of hydrogen-bond acceptors (Lipinski definition) is 3. The van der Waals surface area contributed by atoms with Gasteiger partial charge in [-0.25, -0.2) is 0 Å². The number of fused-ring (bicyclic) bond motifs is 1. The van der Waals surface area contributed by atoms with Crippen molar-refractivity contribution in [2.45, 2.75) is 18.7 Å². The van der Waals surface area contributed by atoms with Crippen LogP contribution in [0.25, 0.3) is 0 Å². The van der Waals surface area contributed by atoms with Gasteiger partial charge in [0.2, 0.25) is 0 Å². The fourth-order valence-corrected chi connectivity index (χ4v) is 2.60.